The zero-order chi connectivity index (χ0) is 24.9. The predicted octanol–water partition coefficient (Wildman–Crippen LogP) is 4.56. The lowest BCUT2D eigenvalue weighted by molar-refractivity contribution is -0.307. The van der Waals surface area contributed by atoms with Gasteiger partial charge in [-0.3, -0.25) is 0 Å². The summed E-state index contributed by atoms with van der Waals surface area (Å²) in [5.41, 5.74) is -0.0747. The lowest BCUT2D eigenvalue weighted by Crippen LogP contribution is -2.81. The molecule has 3 aliphatic carbocycles. The quantitative estimate of drug-likeness (QED) is 0.656. The van der Waals surface area contributed by atoms with E-state index >= 15 is 0 Å². The number of benzene rings is 1. The van der Waals surface area contributed by atoms with Gasteiger partial charge in [-0.15, -0.1) is 0 Å². The molecule has 1 N–H and O–H groups in total. The molecule has 3 saturated carbocycles. The van der Waals surface area contributed by atoms with Gasteiger partial charge in [-0.2, -0.15) is 5.26 Å². The van der Waals surface area contributed by atoms with Crippen molar-refractivity contribution in [3.05, 3.63) is 23.3 Å². The monoisotopic (exact) mass is 468 g/mol. The lowest BCUT2D eigenvalue weighted by atomic mass is 9.35. The van der Waals surface area contributed by atoms with E-state index in [0.29, 0.717) is 6.54 Å². The SMILES string of the molecule is COc1ccc(C)c2c1O[C@H]1[C@]3(OC)CC[C@@]4(C[C@@H]3[C@](C)(O)C(C)(C)C)C(C)N(C#N)CC[C@]214. The van der Waals surface area contributed by atoms with Gasteiger partial charge in [0.2, 0.25) is 0 Å². The first kappa shape index (κ1) is 23.8. The van der Waals surface area contributed by atoms with Crippen LogP contribution in [0.25, 0.3) is 0 Å². The van der Waals surface area contributed by atoms with E-state index < -0.39 is 11.2 Å². The number of aliphatic hydroxyl groups is 1. The second-order valence-electron chi connectivity index (χ2n) is 12.4. The molecule has 1 aromatic carbocycles. The lowest BCUT2D eigenvalue weighted by Gasteiger charge is -2.73. The molecule has 2 heterocycles. The normalized spacial score (nSPS) is 39.9. The standard InChI is InChI=1S/C28H40N2O4/c1-17-9-10-19(32-7)22-21(17)27-13-14-30(16-29)18(2)26(27)11-12-28(33-8,23(27)34-22)20(15-26)25(6,31)24(3,4)5/h9-10,18,20,23,31H,11-15H2,1-8H3/t18?,20-,23-,25+,26-,27+,28+/m1/s1. The predicted molar refractivity (Wildman–Crippen MR) is 130 cm³/mol. The summed E-state index contributed by atoms with van der Waals surface area (Å²) in [6, 6.07) is 4.16. The Kier molecular flexibility index (Phi) is 4.92. The summed E-state index contributed by atoms with van der Waals surface area (Å²) in [5.74, 6) is 1.44. The van der Waals surface area contributed by atoms with Gasteiger partial charge in [0.1, 0.15) is 11.7 Å². The number of hydrogen-bond donors (Lipinski definition) is 1. The molecular weight excluding hydrogens is 428 g/mol. The third-order valence-electron chi connectivity index (χ3n) is 10.9. The molecule has 4 fully saturated rings. The molecule has 0 radical (unpaired) electrons. The van der Waals surface area contributed by atoms with Crippen LogP contribution in [0.2, 0.25) is 0 Å². The Hall–Kier alpha value is -1.97. The van der Waals surface area contributed by atoms with E-state index in [4.69, 9.17) is 14.2 Å². The Balaban J connectivity index is 1.83. The van der Waals surface area contributed by atoms with Gasteiger partial charge >= 0.3 is 0 Å². The fraction of sp³-hybridized carbons (Fsp3) is 0.750. The molecule has 2 bridgehead atoms. The van der Waals surface area contributed by atoms with E-state index in [-0.39, 0.29) is 34.3 Å². The molecule has 2 spiro atoms. The minimum Gasteiger partial charge on any atom is -0.493 e. The van der Waals surface area contributed by atoms with Gasteiger partial charge in [0.15, 0.2) is 17.7 Å². The van der Waals surface area contributed by atoms with Crippen LogP contribution in [-0.2, 0) is 10.2 Å². The summed E-state index contributed by atoms with van der Waals surface area (Å²) in [5, 5.41) is 22.2. The molecule has 5 aliphatic rings. The van der Waals surface area contributed by atoms with Crippen molar-refractivity contribution in [2.45, 2.75) is 96.0 Å². The van der Waals surface area contributed by atoms with Crippen molar-refractivity contribution in [3.8, 4) is 17.7 Å². The molecule has 0 aromatic heterocycles. The van der Waals surface area contributed by atoms with Crippen LogP contribution in [0.1, 0.15) is 71.4 Å². The van der Waals surface area contributed by atoms with Crippen LogP contribution in [0.5, 0.6) is 11.5 Å². The van der Waals surface area contributed by atoms with Gasteiger partial charge in [-0.1, -0.05) is 26.8 Å². The first-order valence-electron chi connectivity index (χ1n) is 12.7. The van der Waals surface area contributed by atoms with Crippen molar-refractivity contribution < 1.29 is 19.3 Å². The molecule has 6 rings (SSSR count). The molecule has 1 unspecified atom stereocenters. The van der Waals surface area contributed by atoms with E-state index in [2.05, 4.69) is 46.9 Å². The van der Waals surface area contributed by atoms with Crippen LogP contribution >= 0.6 is 0 Å². The highest BCUT2D eigenvalue weighted by molar-refractivity contribution is 5.61. The molecule has 6 nitrogen and oxygen atoms in total. The maximum Gasteiger partial charge on any atom is 0.179 e. The van der Waals surface area contributed by atoms with Crippen molar-refractivity contribution in [2.24, 2.45) is 16.7 Å². The van der Waals surface area contributed by atoms with Crippen LogP contribution in [0.15, 0.2) is 12.1 Å². The number of fused-ring (bicyclic) bond motifs is 3. The zero-order valence-corrected chi connectivity index (χ0v) is 22.0. The Morgan fingerprint density at radius 3 is 2.47 bits per heavy atom. The molecular formula is C28H40N2O4. The summed E-state index contributed by atoms with van der Waals surface area (Å²) in [7, 11) is 3.49. The second kappa shape index (κ2) is 7.04. The highest BCUT2D eigenvalue weighted by Crippen LogP contribution is 2.76. The summed E-state index contributed by atoms with van der Waals surface area (Å²) in [6.07, 6.45) is 5.58. The molecule has 1 saturated heterocycles. The number of methoxy groups -OCH3 is 2. The highest BCUT2D eigenvalue weighted by atomic mass is 16.6. The minimum atomic E-state index is -0.992. The number of hydrogen-bond acceptors (Lipinski definition) is 6. The van der Waals surface area contributed by atoms with Crippen LogP contribution < -0.4 is 9.47 Å². The van der Waals surface area contributed by atoms with Gasteiger partial charge in [0, 0.05) is 42.0 Å². The fourth-order valence-corrected chi connectivity index (χ4v) is 8.55. The number of nitrogens with zero attached hydrogens (tertiary/aromatic N) is 2. The third kappa shape index (κ3) is 2.43. The molecule has 6 heteroatoms. The summed E-state index contributed by atoms with van der Waals surface area (Å²) >= 11 is 0. The smallest absolute Gasteiger partial charge is 0.179 e. The fourth-order valence-electron chi connectivity index (χ4n) is 8.55. The topological polar surface area (TPSA) is 75.0 Å². The van der Waals surface area contributed by atoms with Crippen LogP contribution in [0.4, 0.5) is 0 Å². The summed E-state index contributed by atoms with van der Waals surface area (Å²) in [4.78, 5) is 1.96. The average molecular weight is 469 g/mol. The Morgan fingerprint density at radius 1 is 1.18 bits per heavy atom. The van der Waals surface area contributed by atoms with Gasteiger partial charge in [-0.05, 0) is 63.5 Å². The highest BCUT2D eigenvalue weighted by Gasteiger charge is 2.81. The number of likely N-dealkylation sites (tertiary alicyclic amines) is 1. The first-order chi connectivity index (χ1) is 15.9. The number of piperidine rings is 1. The van der Waals surface area contributed by atoms with Gasteiger partial charge < -0.3 is 24.2 Å². The van der Waals surface area contributed by atoms with Crippen molar-refractivity contribution >= 4 is 0 Å². The minimum absolute atomic E-state index is 0.0299. The summed E-state index contributed by atoms with van der Waals surface area (Å²) < 4.78 is 19.3. The van der Waals surface area contributed by atoms with E-state index in [0.717, 1.165) is 37.2 Å². The van der Waals surface area contributed by atoms with E-state index in [1.165, 1.54) is 11.1 Å². The number of rotatable bonds is 3. The van der Waals surface area contributed by atoms with Crippen LogP contribution in [-0.4, -0.2) is 54.1 Å². The zero-order valence-electron chi connectivity index (χ0n) is 22.0. The molecule has 7 atom stereocenters. The van der Waals surface area contributed by atoms with Crippen molar-refractivity contribution in [3.63, 3.8) is 0 Å². The first-order valence-corrected chi connectivity index (χ1v) is 12.7. The van der Waals surface area contributed by atoms with Gasteiger partial charge in [0.25, 0.3) is 0 Å². The Morgan fingerprint density at radius 2 is 1.88 bits per heavy atom. The molecule has 0 amide bonds. The second-order valence-corrected chi connectivity index (χ2v) is 12.4. The van der Waals surface area contributed by atoms with Crippen molar-refractivity contribution in [2.75, 3.05) is 20.8 Å². The maximum atomic E-state index is 12.1. The summed E-state index contributed by atoms with van der Waals surface area (Å²) in [6.45, 7) is 13.4. The van der Waals surface area contributed by atoms with Crippen molar-refractivity contribution in [1.29, 1.82) is 5.26 Å². The maximum absolute atomic E-state index is 12.1. The average Bonchev–Trinajstić information content (AvgIpc) is 3.17. The number of ether oxygens (including phenoxy) is 3. The van der Waals surface area contributed by atoms with E-state index in [1.54, 1.807) is 14.2 Å². The third-order valence-corrected chi connectivity index (χ3v) is 10.9. The molecule has 34 heavy (non-hydrogen) atoms. The van der Waals surface area contributed by atoms with E-state index in [9.17, 15) is 10.4 Å². The largest absolute Gasteiger partial charge is 0.493 e. The number of aryl methyl sites for hydroxylation is 1. The Bertz CT molecular complexity index is 1060. The van der Waals surface area contributed by atoms with Crippen molar-refractivity contribution in [1.82, 2.24) is 4.90 Å². The van der Waals surface area contributed by atoms with Crippen LogP contribution in [0.3, 0.4) is 0 Å². The Labute approximate surface area is 204 Å². The van der Waals surface area contributed by atoms with E-state index in [1.807, 2.05) is 17.9 Å². The van der Waals surface area contributed by atoms with Gasteiger partial charge in [-0.25, -0.2) is 0 Å². The van der Waals surface area contributed by atoms with Crippen LogP contribution in [0, 0.1) is 35.1 Å². The number of nitriles is 1. The molecule has 2 aliphatic heterocycles. The van der Waals surface area contributed by atoms with Gasteiger partial charge in [0.05, 0.1) is 12.7 Å². The molecule has 186 valence electrons. The molecule has 1 aromatic rings.